The molecule has 1 atom stereocenters. The van der Waals surface area contributed by atoms with E-state index >= 15 is 4.39 Å². The molecule has 0 radical (unpaired) electrons. The van der Waals surface area contributed by atoms with Gasteiger partial charge in [0.15, 0.2) is 0 Å². The molecule has 168 valence electrons. The molecule has 3 heterocycles. The molecule has 7 heteroatoms. The second-order valence-electron chi connectivity index (χ2n) is 8.36. The van der Waals surface area contributed by atoms with E-state index in [1.165, 1.54) is 6.07 Å². The minimum absolute atomic E-state index is 0.114. The number of aryl methyl sites for hydroxylation is 1. The summed E-state index contributed by atoms with van der Waals surface area (Å²) in [7, 11) is 0. The maximum absolute atomic E-state index is 15.7. The van der Waals surface area contributed by atoms with Gasteiger partial charge in [-0.3, -0.25) is 0 Å². The first-order valence-electron chi connectivity index (χ1n) is 10.9. The molecule has 0 amide bonds. The summed E-state index contributed by atoms with van der Waals surface area (Å²) in [5.74, 6) is -0.538. The van der Waals surface area contributed by atoms with Gasteiger partial charge in [0.2, 0.25) is 5.95 Å². The van der Waals surface area contributed by atoms with Gasteiger partial charge in [-0.2, -0.15) is 4.39 Å². The van der Waals surface area contributed by atoms with Crippen molar-refractivity contribution in [3.05, 3.63) is 76.9 Å². The molecule has 2 aromatic heterocycles. The minimum atomic E-state index is -0.605. The van der Waals surface area contributed by atoms with E-state index in [1.807, 2.05) is 31.2 Å². The number of piperazine rings is 1. The fourth-order valence-corrected chi connectivity index (χ4v) is 4.72. The quantitative estimate of drug-likeness (QED) is 0.377. The SMILES string of the molecule is Cc1ccccc1-c1c(F)nc(N2CCNCC2C)c2cc(Cl)c(-c3ccccc3F)nc12. The molecule has 0 aliphatic carbocycles. The molecule has 0 spiro atoms. The van der Waals surface area contributed by atoms with Crippen LogP contribution in [0.2, 0.25) is 5.02 Å². The molecule has 1 aliphatic rings. The molecule has 5 rings (SSSR count). The summed E-state index contributed by atoms with van der Waals surface area (Å²) in [6, 6.07) is 15.7. The van der Waals surface area contributed by atoms with Crippen molar-refractivity contribution < 1.29 is 8.78 Å². The van der Waals surface area contributed by atoms with Crippen LogP contribution < -0.4 is 10.2 Å². The highest BCUT2D eigenvalue weighted by atomic mass is 35.5. The fourth-order valence-electron chi connectivity index (χ4n) is 4.47. The molecule has 2 aromatic carbocycles. The summed E-state index contributed by atoms with van der Waals surface area (Å²) in [6.07, 6.45) is 0. The zero-order chi connectivity index (χ0) is 23.1. The van der Waals surface area contributed by atoms with E-state index in [1.54, 1.807) is 24.3 Å². The normalized spacial score (nSPS) is 16.4. The van der Waals surface area contributed by atoms with Gasteiger partial charge in [-0.05, 0) is 43.2 Å². The van der Waals surface area contributed by atoms with Crippen LogP contribution in [0.25, 0.3) is 33.3 Å². The van der Waals surface area contributed by atoms with Crippen LogP contribution in [0.4, 0.5) is 14.6 Å². The number of hydrogen-bond donors (Lipinski definition) is 1. The first-order valence-corrected chi connectivity index (χ1v) is 11.3. The third-order valence-corrected chi connectivity index (χ3v) is 6.47. The van der Waals surface area contributed by atoms with Crippen LogP contribution in [-0.2, 0) is 0 Å². The number of fused-ring (bicyclic) bond motifs is 1. The summed E-state index contributed by atoms with van der Waals surface area (Å²) in [6.45, 7) is 6.19. The van der Waals surface area contributed by atoms with Crippen molar-refractivity contribution in [3.8, 4) is 22.4 Å². The smallest absolute Gasteiger partial charge is 0.224 e. The van der Waals surface area contributed by atoms with Gasteiger partial charge >= 0.3 is 0 Å². The maximum Gasteiger partial charge on any atom is 0.224 e. The van der Waals surface area contributed by atoms with E-state index < -0.39 is 11.8 Å². The van der Waals surface area contributed by atoms with Gasteiger partial charge in [-0.1, -0.05) is 48.0 Å². The van der Waals surface area contributed by atoms with Gasteiger partial charge in [-0.25, -0.2) is 14.4 Å². The van der Waals surface area contributed by atoms with E-state index in [9.17, 15) is 4.39 Å². The number of hydrogen-bond acceptors (Lipinski definition) is 4. The van der Waals surface area contributed by atoms with E-state index in [0.29, 0.717) is 39.4 Å². The molecule has 0 bridgehead atoms. The fraction of sp³-hybridized carbons (Fsp3) is 0.231. The van der Waals surface area contributed by atoms with Gasteiger partial charge < -0.3 is 10.2 Å². The molecule has 1 fully saturated rings. The van der Waals surface area contributed by atoms with Gasteiger partial charge in [0.1, 0.15) is 11.6 Å². The summed E-state index contributed by atoms with van der Waals surface area (Å²) >= 11 is 6.64. The lowest BCUT2D eigenvalue weighted by Gasteiger charge is -2.35. The van der Waals surface area contributed by atoms with Gasteiger partial charge in [0.05, 0.1) is 21.8 Å². The topological polar surface area (TPSA) is 41.1 Å². The number of nitrogens with one attached hydrogen (secondary N) is 1. The number of pyridine rings is 2. The van der Waals surface area contributed by atoms with Crippen molar-refractivity contribution in [3.63, 3.8) is 0 Å². The standard InChI is InChI=1S/C26H23ClF2N4/c1-15-7-3-4-8-17(15)22-24-19(26(32-25(22)29)33-12-11-30-14-16(33)2)13-20(27)23(31-24)18-9-5-6-10-21(18)28/h3-10,13,16,30H,11-12,14H2,1-2H3. The minimum Gasteiger partial charge on any atom is -0.351 e. The van der Waals surface area contributed by atoms with Crippen LogP contribution in [-0.4, -0.2) is 35.6 Å². The number of nitrogens with zero attached hydrogens (tertiary/aromatic N) is 3. The lowest BCUT2D eigenvalue weighted by atomic mass is 9.98. The molecule has 1 aliphatic heterocycles. The third-order valence-electron chi connectivity index (χ3n) is 6.18. The second kappa shape index (κ2) is 8.69. The van der Waals surface area contributed by atoms with Crippen molar-refractivity contribution in [2.75, 3.05) is 24.5 Å². The first-order chi connectivity index (χ1) is 16.0. The summed E-state index contributed by atoms with van der Waals surface area (Å²) in [5, 5.41) is 4.28. The van der Waals surface area contributed by atoms with Crippen LogP contribution >= 0.6 is 11.6 Å². The van der Waals surface area contributed by atoms with Crippen molar-refractivity contribution in [1.82, 2.24) is 15.3 Å². The molecule has 1 unspecified atom stereocenters. The Bertz CT molecular complexity index is 1360. The van der Waals surface area contributed by atoms with Crippen molar-refractivity contribution >= 4 is 28.3 Å². The average Bonchev–Trinajstić information content (AvgIpc) is 2.80. The monoisotopic (exact) mass is 464 g/mol. The molecular weight excluding hydrogens is 442 g/mol. The molecule has 4 aromatic rings. The highest BCUT2D eigenvalue weighted by molar-refractivity contribution is 6.34. The first kappa shape index (κ1) is 21.7. The van der Waals surface area contributed by atoms with Gasteiger partial charge in [-0.15, -0.1) is 0 Å². The zero-order valence-corrected chi connectivity index (χ0v) is 19.1. The highest BCUT2D eigenvalue weighted by Gasteiger charge is 2.27. The molecular formula is C26H23ClF2N4. The lowest BCUT2D eigenvalue weighted by molar-refractivity contribution is 0.493. The summed E-state index contributed by atoms with van der Waals surface area (Å²) in [4.78, 5) is 11.3. The molecule has 1 N–H and O–H groups in total. The van der Waals surface area contributed by atoms with Crippen LogP contribution in [0.1, 0.15) is 12.5 Å². The van der Waals surface area contributed by atoms with Crippen molar-refractivity contribution in [2.24, 2.45) is 0 Å². The van der Waals surface area contributed by atoms with Gasteiger partial charge in [0, 0.05) is 36.6 Å². The van der Waals surface area contributed by atoms with E-state index in [4.69, 9.17) is 16.6 Å². The number of benzene rings is 2. The number of aromatic nitrogens is 2. The molecule has 0 saturated carbocycles. The number of anilines is 1. The van der Waals surface area contributed by atoms with Crippen molar-refractivity contribution in [2.45, 2.75) is 19.9 Å². The van der Waals surface area contributed by atoms with Crippen LogP contribution in [0.3, 0.4) is 0 Å². The Kier molecular flexibility index (Phi) is 5.72. The largest absolute Gasteiger partial charge is 0.351 e. The molecule has 4 nitrogen and oxygen atoms in total. The maximum atomic E-state index is 15.7. The Labute approximate surface area is 196 Å². The van der Waals surface area contributed by atoms with Crippen molar-refractivity contribution in [1.29, 1.82) is 0 Å². The summed E-state index contributed by atoms with van der Waals surface area (Å²) < 4.78 is 30.4. The third kappa shape index (κ3) is 3.83. The zero-order valence-electron chi connectivity index (χ0n) is 18.4. The molecule has 1 saturated heterocycles. The van der Waals surface area contributed by atoms with E-state index in [2.05, 4.69) is 22.1 Å². The summed E-state index contributed by atoms with van der Waals surface area (Å²) in [5.41, 5.74) is 2.86. The highest BCUT2D eigenvalue weighted by Crippen LogP contribution is 2.40. The van der Waals surface area contributed by atoms with Crippen LogP contribution in [0.5, 0.6) is 0 Å². The number of halogens is 3. The van der Waals surface area contributed by atoms with Crippen LogP contribution in [0, 0.1) is 18.7 Å². The Balaban J connectivity index is 1.86. The Morgan fingerprint density at radius 3 is 2.48 bits per heavy atom. The predicted octanol–water partition coefficient (Wildman–Crippen LogP) is 6.00. The van der Waals surface area contributed by atoms with E-state index in [0.717, 1.165) is 18.7 Å². The Morgan fingerprint density at radius 2 is 1.76 bits per heavy atom. The van der Waals surface area contributed by atoms with Gasteiger partial charge in [0.25, 0.3) is 0 Å². The second-order valence-corrected chi connectivity index (χ2v) is 8.76. The van der Waals surface area contributed by atoms with Crippen LogP contribution in [0.15, 0.2) is 54.6 Å². The average molecular weight is 465 g/mol. The molecule has 33 heavy (non-hydrogen) atoms. The Hall–Kier alpha value is -3.09. The lowest BCUT2D eigenvalue weighted by Crippen LogP contribution is -2.50. The number of rotatable bonds is 3. The Morgan fingerprint density at radius 1 is 1.03 bits per heavy atom. The van der Waals surface area contributed by atoms with E-state index in [-0.39, 0.29) is 17.3 Å². The predicted molar refractivity (Wildman–Crippen MR) is 130 cm³/mol.